The standard InChI is InChI=1S/C27H26ClF2N3O3/c1-15-13-16(31-27(35)32-26(34)24-20(29)9-6-10-21(24)30)14-19(28)25(15)36-23-12-11-22(33(2)3)17-7-4-5-8-18(17)23/h6,9-14H,4-5,7-8H2,1-3H3,(H2,31,32,34,35). The smallest absolute Gasteiger partial charge is 0.326 e. The molecule has 0 aliphatic heterocycles. The van der Waals surface area contributed by atoms with Gasteiger partial charge in [-0.05, 0) is 80.1 Å². The first-order valence-electron chi connectivity index (χ1n) is 11.5. The first kappa shape index (κ1) is 25.4. The zero-order valence-corrected chi connectivity index (χ0v) is 20.9. The largest absolute Gasteiger partial charge is 0.455 e. The lowest BCUT2D eigenvalue weighted by Crippen LogP contribution is -2.35. The van der Waals surface area contributed by atoms with Crippen LogP contribution in [0.5, 0.6) is 11.5 Å². The number of halogens is 3. The number of amides is 3. The highest BCUT2D eigenvalue weighted by Gasteiger charge is 2.22. The number of carbonyl (C=O) groups is 2. The summed E-state index contributed by atoms with van der Waals surface area (Å²) in [5.41, 5.74) is 3.73. The number of carbonyl (C=O) groups excluding carboxylic acids is 2. The first-order chi connectivity index (χ1) is 17.2. The van der Waals surface area contributed by atoms with Crippen molar-refractivity contribution in [3.63, 3.8) is 0 Å². The van der Waals surface area contributed by atoms with Crippen molar-refractivity contribution in [3.05, 3.63) is 81.4 Å². The molecule has 0 saturated carbocycles. The van der Waals surface area contributed by atoms with Crippen LogP contribution >= 0.6 is 11.6 Å². The molecule has 6 nitrogen and oxygen atoms in total. The molecule has 0 spiro atoms. The molecule has 0 heterocycles. The van der Waals surface area contributed by atoms with E-state index in [2.05, 4.69) is 10.2 Å². The Morgan fingerprint density at radius 2 is 1.67 bits per heavy atom. The normalized spacial score (nSPS) is 12.5. The van der Waals surface area contributed by atoms with E-state index in [0.29, 0.717) is 11.3 Å². The number of anilines is 2. The lowest BCUT2D eigenvalue weighted by atomic mass is 9.89. The number of fused-ring (bicyclic) bond motifs is 1. The molecule has 3 aromatic rings. The Kier molecular flexibility index (Phi) is 7.45. The van der Waals surface area contributed by atoms with Crippen LogP contribution in [0.4, 0.5) is 25.0 Å². The number of benzene rings is 3. The molecule has 188 valence electrons. The second-order valence-electron chi connectivity index (χ2n) is 8.85. The molecule has 0 radical (unpaired) electrons. The molecule has 0 unspecified atom stereocenters. The van der Waals surface area contributed by atoms with Crippen molar-refractivity contribution in [1.82, 2.24) is 5.32 Å². The van der Waals surface area contributed by atoms with E-state index in [-0.39, 0.29) is 10.7 Å². The van der Waals surface area contributed by atoms with E-state index in [1.807, 2.05) is 31.5 Å². The highest BCUT2D eigenvalue weighted by atomic mass is 35.5. The lowest BCUT2D eigenvalue weighted by molar-refractivity contribution is 0.0959. The maximum atomic E-state index is 13.8. The second-order valence-corrected chi connectivity index (χ2v) is 9.26. The summed E-state index contributed by atoms with van der Waals surface area (Å²) in [6, 6.07) is 9.14. The fourth-order valence-electron chi connectivity index (χ4n) is 4.42. The average Bonchev–Trinajstić information content (AvgIpc) is 2.81. The molecule has 0 saturated heterocycles. The van der Waals surface area contributed by atoms with Gasteiger partial charge in [-0.3, -0.25) is 10.1 Å². The molecular weight excluding hydrogens is 488 g/mol. The van der Waals surface area contributed by atoms with Gasteiger partial charge in [0.25, 0.3) is 5.91 Å². The summed E-state index contributed by atoms with van der Waals surface area (Å²) < 4.78 is 33.9. The van der Waals surface area contributed by atoms with Gasteiger partial charge in [-0.1, -0.05) is 17.7 Å². The monoisotopic (exact) mass is 513 g/mol. The van der Waals surface area contributed by atoms with E-state index in [1.54, 1.807) is 13.0 Å². The number of nitrogens with one attached hydrogen (secondary N) is 2. The van der Waals surface area contributed by atoms with E-state index < -0.39 is 29.1 Å². The molecule has 3 aromatic carbocycles. The van der Waals surface area contributed by atoms with Crippen molar-refractivity contribution in [2.75, 3.05) is 24.3 Å². The third-order valence-corrected chi connectivity index (χ3v) is 6.35. The van der Waals surface area contributed by atoms with Gasteiger partial charge in [0.1, 0.15) is 28.7 Å². The maximum absolute atomic E-state index is 13.8. The number of ether oxygens (including phenoxy) is 1. The number of hydrogen-bond donors (Lipinski definition) is 2. The van der Waals surface area contributed by atoms with Gasteiger partial charge < -0.3 is 15.0 Å². The summed E-state index contributed by atoms with van der Waals surface area (Å²) in [4.78, 5) is 26.6. The SMILES string of the molecule is Cc1cc(NC(=O)NC(=O)c2c(F)cccc2F)cc(Cl)c1Oc1ccc(N(C)C)c2c1CCCC2. The topological polar surface area (TPSA) is 70.7 Å². The molecule has 0 bridgehead atoms. The van der Waals surface area contributed by atoms with Crippen molar-refractivity contribution in [2.45, 2.75) is 32.6 Å². The number of imide groups is 1. The summed E-state index contributed by atoms with van der Waals surface area (Å²) in [6.07, 6.45) is 4.12. The molecular formula is C27H26ClF2N3O3. The molecule has 0 atom stereocenters. The van der Waals surface area contributed by atoms with Crippen LogP contribution in [0.25, 0.3) is 0 Å². The predicted octanol–water partition coefficient (Wildman–Crippen LogP) is 6.63. The summed E-state index contributed by atoms with van der Waals surface area (Å²) in [6.45, 7) is 1.78. The Hall–Kier alpha value is -3.65. The average molecular weight is 514 g/mol. The number of rotatable bonds is 5. The predicted molar refractivity (Wildman–Crippen MR) is 137 cm³/mol. The minimum atomic E-state index is -1.20. The molecule has 0 fully saturated rings. The first-order valence-corrected chi connectivity index (χ1v) is 11.9. The third kappa shape index (κ3) is 5.28. The van der Waals surface area contributed by atoms with Gasteiger partial charge in [0.2, 0.25) is 0 Å². The van der Waals surface area contributed by atoms with Crippen LogP contribution in [-0.4, -0.2) is 26.0 Å². The van der Waals surface area contributed by atoms with Crippen molar-refractivity contribution < 1.29 is 23.1 Å². The minimum Gasteiger partial charge on any atom is -0.455 e. The Labute approximate surface area is 213 Å². The van der Waals surface area contributed by atoms with Crippen LogP contribution in [0.2, 0.25) is 5.02 Å². The molecule has 4 rings (SSSR count). The van der Waals surface area contributed by atoms with Crippen LogP contribution in [0.15, 0.2) is 42.5 Å². The number of aryl methyl sites for hydroxylation is 1. The minimum absolute atomic E-state index is 0.262. The molecule has 2 N–H and O–H groups in total. The van der Waals surface area contributed by atoms with Crippen molar-refractivity contribution in [3.8, 4) is 11.5 Å². The van der Waals surface area contributed by atoms with Gasteiger partial charge in [-0.15, -0.1) is 0 Å². The zero-order chi connectivity index (χ0) is 26.0. The maximum Gasteiger partial charge on any atom is 0.326 e. The summed E-state index contributed by atoms with van der Waals surface area (Å²) >= 11 is 6.51. The fourth-order valence-corrected chi connectivity index (χ4v) is 4.72. The second kappa shape index (κ2) is 10.5. The van der Waals surface area contributed by atoms with Gasteiger partial charge in [-0.25, -0.2) is 13.6 Å². The third-order valence-electron chi connectivity index (χ3n) is 6.06. The summed E-state index contributed by atoms with van der Waals surface area (Å²) in [5, 5.41) is 4.65. The molecule has 9 heteroatoms. The van der Waals surface area contributed by atoms with E-state index in [4.69, 9.17) is 16.3 Å². The molecule has 3 amide bonds. The lowest BCUT2D eigenvalue weighted by Gasteiger charge is -2.26. The van der Waals surface area contributed by atoms with Gasteiger partial charge in [0.15, 0.2) is 0 Å². The molecule has 1 aliphatic carbocycles. The van der Waals surface area contributed by atoms with E-state index in [9.17, 15) is 18.4 Å². The van der Waals surface area contributed by atoms with E-state index >= 15 is 0 Å². The van der Waals surface area contributed by atoms with Crippen LogP contribution in [0.1, 0.15) is 39.9 Å². The van der Waals surface area contributed by atoms with Crippen LogP contribution in [0, 0.1) is 18.6 Å². The molecule has 0 aromatic heterocycles. The van der Waals surface area contributed by atoms with Crippen molar-refractivity contribution >= 4 is 34.9 Å². The van der Waals surface area contributed by atoms with Gasteiger partial charge in [0, 0.05) is 31.0 Å². The fraction of sp³-hybridized carbons (Fsp3) is 0.259. The van der Waals surface area contributed by atoms with E-state index in [0.717, 1.165) is 49.6 Å². The van der Waals surface area contributed by atoms with Crippen LogP contribution in [-0.2, 0) is 12.8 Å². The summed E-state index contributed by atoms with van der Waals surface area (Å²) in [5.74, 6) is -2.13. The van der Waals surface area contributed by atoms with Gasteiger partial charge in [0.05, 0.1) is 5.02 Å². The van der Waals surface area contributed by atoms with Gasteiger partial charge in [-0.2, -0.15) is 0 Å². The Balaban J connectivity index is 1.52. The Morgan fingerprint density at radius 3 is 2.31 bits per heavy atom. The summed E-state index contributed by atoms with van der Waals surface area (Å²) in [7, 11) is 4.04. The highest BCUT2D eigenvalue weighted by molar-refractivity contribution is 6.32. The van der Waals surface area contributed by atoms with Crippen LogP contribution in [0.3, 0.4) is 0 Å². The number of nitrogens with zero attached hydrogens (tertiary/aromatic N) is 1. The highest BCUT2D eigenvalue weighted by Crippen LogP contribution is 2.41. The quantitative estimate of drug-likeness (QED) is 0.402. The molecule has 1 aliphatic rings. The van der Waals surface area contributed by atoms with Crippen LogP contribution < -0.4 is 20.3 Å². The Bertz CT molecular complexity index is 1300. The Morgan fingerprint density at radius 1 is 1.00 bits per heavy atom. The van der Waals surface area contributed by atoms with E-state index in [1.165, 1.54) is 22.9 Å². The molecule has 36 heavy (non-hydrogen) atoms. The van der Waals surface area contributed by atoms with Crippen molar-refractivity contribution in [1.29, 1.82) is 0 Å². The number of urea groups is 1. The van der Waals surface area contributed by atoms with Gasteiger partial charge >= 0.3 is 6.03 Å². The zero-order valence-electron chi connectivity index (χ0n) is 20.2. The van der Waals surface area contributed by atoms with Crippen molar-refractivity contribution in [2.24, 2.45) is 0 Å². The number of hydrogen-bond acceptors (Lipinski definition) is 4.